The van der Waals surface area contributed by atoms with E-state index >= 15 is 0 Å². The van der Waals surface area contributed by atoms with Gasteiger partial charge in [0.05, 0.1) is 11.3 Å². The molecule has 0 radical (unpaired) electrons. The molecular formula is C14H23N5O. The number of anilines is 1. The highest BCUT2D eigenvalue weighted by atomic mass is 16.4. The Morgan fingerprint density at radius 2 is 2.10 bits per heavy atom. The van der Waals surface area contributed by atoms with Crippen molar-refractivity contribution in [3.05, 3.63) is 16.8 Å². The zero-order valence-electron chi connectivity index (χ0n) is 12.6. The van der Waals surface area contributed by atoms with Crippen LogP contribution >= 0.6 is 0 Å². The van der Waals surface area contributed by atoms with E-state index in [1.165, 1.54) is 0 Å². The molecule has 6 nitrogen and oxygen atoms in total. The van der Waals surface area contributed by atoms with Gasteiger partial charge in [0.1, 0.15) is 0 Å². The standard InChI is InChI=1S/C14H23N5O/c1-8(2)11-5-6-19(7-11)14-12(13(15)18-20)9(3)10(4)16-17-14/h8,11,20H,5-7H2,1-4H3,(H2,15,18). The zero-order chi connectivity index (χ0) is 14.9. The third-order valence-corrected chi connectivity index (χ3v) is 4.27. The second-order valence-corrected chi connectivity index (χ2v) is 5.83. The van der Waals surface area contributed by atoms with Crippen LogP contribution in [0.4, 0.5) is 5.82 Å². The molecule has 3 N–H and O–H groups in total. The third kappa shape index (κ3) is 2.55. The molecule has 2 rings (SSSR count). The molecule has 1 aliphatic heterocycles. The van der Waals surface area contributed by atoms with Crippen LogP contribution in [0.5, 0.6) is 0 Å². The van der Waals surface area contributed by atoms with Crippen molar-refractivity contribution in [2.24, 2.45) is 22.7 Å². The molecule has 0 spiro atoms. The minimum Gasteiger partial charge on any atom is -0.409 e. The zero-order valence-corrected chi connectivity index (χ0v) is 12.6. The maximum Gasteiger partial charge on any atom is 0.174 e. The van der Waals surface area contributed by atoms with Gasteiger partial charge in [-0.1, -0.05) is 19.0 Å². The molecule has 1 aromatic rings. The van der Waals surface area contributed by atoms with E-state index in [4.69, 9.17) is 10.9 Å². The van der Waals surface area contributed by atoms with E-state index < -0.39 is 0 Å². The normalized spacial score (nSPS) is 19.9. The van der Waals surface area contributed by atoms with E-state index in [2.05, 4.69) is 34.1 Å². The topological polar surface area (TPSA) is 87.6 Å². The third-order valence-electron chi connectivity index (χ3n) is 4.27. The fourth-order valence-corrected chi connectivity index (χ4v) is 2.70. The number of rotatable bonds is 3. The highest BCUT2D eigenvalue weighted by molar-refractivity contribution is 6.02. The maximum atomic E-state index is 9.01. The minimum absolute atomic E-state index is 0.100. The van der Waals surface area contributed by atoms with Gasteiger partial charge in [0.2, 0.25) is 0 Å². The van der Waals surface area contributed by atoms with Gasteiger partial charge in [0.25, 0.3) is 0 Å². The summed E-state index contributed by atoms with van der Waals surface area (Å²) in [6.45, 7) is 10.2. The Kier molecular flexibility index (Phi) is 4.11. The van der Waals surface area contributed by atoms with Gasteiger partial charge in [-0.25, -0.2) is 0 Å². The van der Waals surface area contributed by atoms with Crippen LogP contribution < -0.4 is 10.6 Å². The summed E-state index contributed by atoms with van der Waals surface area (Å²) < 4.78 is 0. The number of hydrogen-bond donors (Lipinski definition) is 2. The largest absolute Gasteiger partial charge is 0.409 e. The molecule has 20 heavy (non-hydrogen) atoms. The molecule has 1 aromatic heterocycles. The van der Waals surface area contributed by atoms with Gasteiger partial charge < -0.3 is 15.8 Å². The monoisotopic (exact) mass is 277 g/mol. The number of amidine groups is 1. The Morgan fingerprint density at radius 3 is 2.65 bits per heavy atom. The van der Waals surface area contributed by atoms with E-state index in [-0.39, 0.29) is 5.84 Å². The molecular weight excluding hydrogens is 254 g/mol. The molecule has 1 unspecified atom stereocenters. The minimum atomic E-state index is 0.100. The first-order chi connectivity index (χ1) is 9.45. The number of nitrogens with two attached hydrogens (primary N) is 1. The number of aryl methyl sites for hydroxylation is 1. The van der Waals surface area contributed by atoms with Gasteiger partial charge in [-0.15, -0.1) is 5.10 Å². The van der Waals surface area contributed by atoms with Crippen LogP contribution in [0.3, 0.4) is 0 Å². The van der Waals surface area contributed by atoms with Gasteiger partial charge in [-0.2, -0.15) is 5.10 Å². The number of nitrogens with zero attached hydrogens (tertiary/aromatic N) is 4. The first-order valence-electron chi connectivity index (χ1n) is 7.02. The maximum absolute atomic E-state index is 9.01. The molecule has 0 aliphatic carbocycles. The predicted molar refractivity (Wildman–Crippen MR) is 79.2 cm³/mol. The molecule has 0 saturated carbocycles. The van der Waals surface area contributed by atoms with Gasteiger partial charge in [-0.05, 0) is 37.7 Å². The Morgan fingerprint density at radius 1 is 1.40 bits per heavy atom. The Labute approximate surface area is 119 Å². The van der Waals surface area contributed by atoms with Crippen LogP contribution in [0.1, 0.15) is 37.1 Å². The number of hydrogen-bond acceptors (Lipinski definition) is 5. The highest BCUT2D eigenvalue weighted by Gasteiger charge is 2.29. The predicted octanol–water partition coefficient (Wildman–Crippen LogP) is 1.67. The van der Waals surface area contributed by atoms with Crippen molar-refractivity contribution in [3.63, 3.8) is 0 Å². The van der Waals surface area contributed by atoms with Crippen LogP contribution in [0.25, 0.3) is 0 Å². The summed E-state index contributed by atoms with van der Waals surface area (Å²) in [5, 5.41) is 20.6. The summed E-state index contributed by atoms with van der Waals surface area (Å²) in [4.78, 5) is 2.19. The van der Waals surface area contributed by atoms with Crippen molar-refractivity contribution in [2.75, 3.05) is 18.0 Å². The van der Waals surface area contributed by atoms with Gasteiger partial charge in [0.15, 0.2) is 11.7 Å². The van der Waals surface area contributed by atoms with Crippen LogP contribution in [-0.2, 0) is 0 Å². The molecule has 0 aromatic carbocycles. The average Bonchev–Trinajstić information content (AvgIpc) is 2.90. The van der Waals surface area contributed by atoms with Crippen molar-refractivity contribution in [1.82, 2.24) is 10.2 Å². The first kappa shape index (κ1) is 14.6. The Bertz CT molecular complexity index is 527. The summed E-state index contributed by atoms with van der Waals surface area (Å²) >= 11 is 0. The lowest BCUT2D eigenvalue weighted by Crippen LogP contribution is -2.28. The van der Waals surface area contributed by atoms with E-state index in [0.29, 0.717) is 17.4 Å². The summed E-state index contributed by atoms with van der Waals surface area (Å²) in [5.74, 6) is 2.13. The molecule has 0 bridgehead atoms. The fraction of sp³-hybridized carbons (Fsp3) is 0.643. The quantitative estimate of drug-likeness (QED) is 0.380. The van der Waals surface area contributed by atoms with E-state index in [9.17, 15) is 0 Å². The Hall–Kier alpha value is -1.85. The summed E-state index contributed by atoms with van der Waals surface area (Å²) in [5.41, 5.74) is 8.25. The second-order valence-electron chi connectivity index (χ2n) is 5.83. The lowest BCUT2D eigenvalue weighted by molar-refractivity contribution is 0.318. The van der Waals surface area contributed by atoms with E-state index in [0.717, 1.165) is 36.6 Å². The van der Waals surface area contributed by atoms with Crippen molar-refractivity contribution in [3.8, 4) is 0 Å². The number of oxime groups is 1. The van der Waals surface area contributed by atoms with Crippen molar-refractivity contribution in [2.45, 2.75) is 34.1 Å². The molecule has 2 heterocycles. The highest BCUT2D eigenvalue weighted by Crippen LogP contribution is 2.30. The summed E-state index contributed by atoms with van der Waals surface area (Å²) in [6, 6.07) is 0. The van der Waals surface area contributed by atoms with E-state index in [1.54, 1.807) is 0 Å². The number of aromatic nitrogens is 2. The smallest absolute Gasteiger partial charge is 0.174 e. The van der Waals surface area contributed by atoms with Gasteiger partial charge in [-0.3, -0.25) is 0 Å². The van der Waals surface area contributed by atoms with E-state index in [1.807, 2.05) is 13.8 Å². The SMILES string of the molecule is Cc1nnc(N2CCC(C(C)C)C2)c(C(N)=NO)c1C. The lowest BCUT2D eigenvalue weighted by Gasteiger charge is -2.22. The second kappa shape index (κ2) is 5.64. The Balaban J connectivity index is 2.40. The van der Waals surface area contributed by atoms with Crippen molar-refractivity contribution in [1.29, 1.82) is 0 Å². The fourth-order valence-electron chi connectivity index (χ4n) is 2.70. The molecule has 6 heteroatoms. The summed E-state index contributed by atoms with van der Waals surface area (Å²) in [7, 11) is 0. The molecule has 1 atom stereocenters. The summed E-state index contributed by atoms with van der Waals surface area (Å²) in [6.07, 6.45) is 1.14. The van der Waals surface area contributed by atoms with Crippen LogP contribution in [0.15, 0.2) is 5.16 Å². The average molecular weight is 277 g/mol. The molecule has 0 amide bonds. The van der Waals surface area contributed by atoms with Crippen molar-refractivity contribution >= 4 is 11.7 Å². The molecule has 1 saturated heterocycles. The lowest BCUT2D eigenvalue weighted by atomic mass is 9.95. The van der Waals surface area contributed by atoms with Crippen LogP contribution in [0, 0.1) is 25.7 Å². The van der Waals surface area contributed by atoms with Gasteiger partial charge in [0, 0.05) is 13.1 Å². The van der Waals surface area contributed by atoms with Crippen LogP contribution in [-0.4, -0.2) is 34.3 Å². The van der Waals surface area contributed by atoms with Crippen molar-refractivity contribution < 1.29 is 5.21 Å². The van der Waals surface area contributed by atoms with Crippen LogP contribution in [0.2, 0.25) is 0 Å². The molecule has 110 valence electrons. The first-order valence-corrected chi connectivity index (χ1v) is 7.02. The molecule has 1 aliphatic rings. The molecule has 1 fully saturated rings. The van der Waals surface area contributed by atoms with Gasteiger partial charge >= 0.3 is 0 Å².